The van der Waals surface area contributed by atoms with Crippen molar-refractivity contribution >= 4 is 23.2 Å². The van der Waals surface area contributed by atoms with E-state index in [9.17, 15) is 0 Å². The number of hydrogen-bond donors (Lipinski definition) is 0. The molecular weight excluding hydrogens is 287 g/mol. The molecule has 0 N–H and O–H groups in total. The van der Waals surface area contributed by atoms with Gasteiger partial charge in [0.1, 0.15) is 0 Å². The molecule has 0 saturated carbocycles. The van der Waals surface area contributed by atoms with Gasteiger partial charge in [-0.25, -0.2) is 0 Å². The Hall–Kier alpha value is 0.0600. The lowest BCUT2D eigenvalue weighted by Crippen LogP contribution is -2.23. The van der Waals surface area contributed by atoms with Crippen LogP contribution >= 0.6 is 23.2 Å². The maximum absolute atomic E-state index is 6.62. The van der Waals surface area contributed by atoms with Crippen LogP contribution in [0.5, 0.6) is 0 Å². The van der Waals surface area contributed by atoms with Gasteiger partial charge < -0.3 is 0 Å². The third-order valence-corrected chi connectivity index (χ3v) is 5.14. The highest BCUT2D eigenvalue weighted by molar-refractivity contribution is 6.22. The van der Waals surface area contributed by atoms with E-state index in [4.69, 9.17) is 23.2 Å². The highest BCUT2D eigenvalue weighted by Gasteiger charge is 2.35. The minimum Gasteiger partial charge on any atom is -0.127 e. The van der Waals surface area contributed by atoms with Crippen molar-refractivity contribution in [2.75, 3.05) is 5.88 Å². The van der Waals surface area contributed by atoms with Crippen molar-refractivity contribution in [2.45, 2.75) is 65.2 Å². The van der Waals surface area contributed by atoms with E-state index in [1.807, 2.05) is 0 Å². The summed E-state index contributed by atoms with van der Waals surface area (Å²) in [4.78, 5) is 0. The van der Waals surface area contributed by atoms with Crippen molar-refractivity contribution < 1.29 is 0 Å². The summed E-state index contributed by atoms with van der Waals surface area (Å²) in [6.07, 6.45) is 10.3. The van der Waals surface area contributed by atoms with Crippen molar-refractivity contribution in [1.29, 1.82) is 0 Å². The normalized spacial score (nSPS) is 25.1. The Morgan fingerprint density at radius 2 is 2.05 bits per heavy atom. The first-order valence-electron chi connectivity index (χ1n) is 8.07. The van der Waals surface area contributed by atoms with Gasteiger partial charge in [0.25, 0.3) is 0 Å². The third-order valence-electron chi connectivity index (χ3n) is 4.38. The molecule has 0 saturated heterocycles. The van der Waals surface area contributed by atoms with Gasteiger partial charge in [0.2, 0.25) is 0 Å². The molecule has 0 bridgehead atoms. The number of rotatable bonds is 8. The van der Waals surface area contributed by atoms with Gasteiger partial charge >= 0.3 is 0 Å². The summed E-state index contributed by atoms with van der Waals surface area (Å²) < 4.78 is 0. The van der Waals surface area contributed by atoms with Crippen LogP contribution in [0.15, 0.2) is 23.3 Å². The molecule has 3 atom stereocenters. The second-order valence-electron chi connectivity index (χ2n) is 6.50. The van der Waals surface area contributed by atoms with E-state index in [1.54, 1.807) is 5.57 Å². The second kappa shape index (κ2) is 9.15. The summed E-state index contributed by atoms with van der Waals surface area (Å²) in [5.74, 6) is 2.59. The van der Waals surface area contributed by atoms with E-state index in [0.717, 1.165) is 18.8 Å². The van der Waals surface area contributed by atoms with E-state index in [0.29, 0.717) is 17.7 Å². The van der Waals surface area contributed by atoms with E-state index in [-0.39, 0.29) is 5.38 Å². The summed E-state index contributed by atoms with van der Waals surface area (Å²) in [6.45, 7) is 9.14. The first-order valence-corrected chi connectivity index (χ1v) is 9.04. The molecular formula is C18H30Cl2. The van der Waals surface area contributed by atoms with Crippen molar-refractivity contribution in [1.82, 2.24) is 0 Å². The standard InChI is InChI=1S/C18H30Cl2/c1-5-6-7-8-15-12-17(18(20)9-10-19)16(14(15)4)11-13(2)3/h7-8,13,16-18H,5-6,9-12H2,1-4H3/b8-7-. The van der Waals surface area contributed by atoms with Crippen LogP contribution in [0.1, 0.15) is 59.8 Å². The van der Waals surface area contributed by atoms with E-state index < -0.39 is 0 Å². The van der Waals surface area contributed by atoms with Crippen LogP contribution < -0.4 is 0 Å². The number of hydrogen-bond acceptors (Lipinski definition) is 0. The summed E-state index contributed by atoms with van der Waals surface area (Å²) in [5.41, 5.74) is 3.09. The lowest BCUT2D eigenvalue weighted by atomic mass is 9.82. The number of unbranched alkanes of at least 4 members (excludes halogenated alkanes) is 1. The van der Waals surface area contributed by atoms with Crippen LogP contribution in [-0.4, -0.2) is 11.3 Å². The summed E-state index contributed by atoms with van der Waals surface area (Å²) in [7, 11) is 0. The average Bonchev–Trinajstić information content (AvgIpc) is 2.68. The van der Waals surface area contributed by atoms with Gasteiger partial charge in [-0.3, -0.25) is 0 Å². The third kappa shape index (κ3) is 5.11. The van der Waals surface area contributed by atoms with Gasteiger partial charge in [0.15, 0.2) is 0 Å². The molecule has 0 aromatic carbocycles. The zero-order chi connectivity index (χ0) is 15.1. The maximum atomic E-state index is 6.62. The Kier molecular flexibility index (Phi) is 8.29. The van der Waals surface area contributed by atoms with Crippen molar-refractivity contribution in [3.05, 3.63) is 23.3 Å². The van der Waals surface area contributed by atoms with Crippen molar-refractivity contribution in [3.63, 3.8) is 0 Å². The fraction of sp³-hybridized carbons (Fsp3) is 0.778. The Morgan fingerprint density at radius 1 is 1.35 bits per heavy atom. The Bertz CT molecular complexity index is 341. The molecule has 116 valence electrons. The topological polar surface area (TPSA) is 0 Å². The smallest absolute Gasteiger partial charge is 0.0384 e. The molecule has 0 spiro atoms. The van der Waals surface area contributed by atoms with Gasteiger partial charge in [-0.05, 0) is 55.9 Å². The number of halogens is 2. The SMILES string of the molecule is CCC/C=C\C1=C(C)C(CC(C)C)C(C(Cl)CCCl)C1. The van der Waals surface area contributed by atoms with E-state index in [2.05, 4.69) is 39.8 Å². The predicted octanol–water partition coefficient (Wildman–Crippen LogP) is 6.58. The van der Waals surface area contributed by atoms with Gasteiger partial charge in [-0.15, -0.1) is 23.2 Å². The second-order valence-corrected chi connectivity index (χ2v) is 7.44. The zero-order valence-electron chi connectivity index (χ0n) is 13.5. The zero-order valence-corrected chi connectivity index (χ0v) is 15.0. The molecule has 1 aliphatic rings. The minimum absolute atomic E-state index is 0.211. The van der Waals surface area contributed by atoms with Crippen LogP contribution in [0.25, 0.3) is 0 Å². The molecule has 0 fully saturated rings. The molecule has 0 aromatic rings. The number of allylic oxidation sites excluding steroid dienone is 4. The monoisotopic (exact) mass is 316 g/mol. The molecule has 2 heteroatoms. The molecule has 0 amide bonds. The predicted molar refractivity (Wildman–Crippen MR) is 92.8 cm³/mol. The molecule has 0 aliphatic heterocycles. The Balaban J connectivity index is 2.83. The minimum atomic E-state index is 0.211. The van der Waals surface area contributed by atoms with Gasteiger partial charge in [-0.1, -0.05) is 44.9 Å². The fourth-order valence-corrected chi connectivity index (χ4v) is 3.99. The molecule has 1 rings (SSSR count). The fourth-order valence-electron chi connectivity index (χ4n) is 3.27. The lowest BCUT2D eigenvalue weighted by molar-refractivity contribution is 0.331. The first kappa shape index (κ1) is 18.1. The number of alkyl halides is 2. The van der Waals surface area contributed by atoms with Crippen LogP contribution in [0.2, 0.25) is 0 Å². The van der Waals surface area contributed by atoms with Gasteiger partial charge in [0, 0.05) is 11.3 Å². The molecule has 0 nitrogen and oxygen atoms in total. The molecule has 0 aromatic heterocycles. The Morgan fingerprint density at radius 3 is 2.60 bits per heavy atom. The summed E-state index contributed by atoms with van der Waals surface area (Å²) in [5, 5.41) is 0.211. The van der Waals surface area contributed by atoms with Crippen molar-refractivity contribution in [2.24, 2.45) is 17.8 Å². The summed E-state index contributed by atoms with van der Waals surface area (Å²) in [6, 6.07) is 0. The lowest BCUT2D eigenvalue weighted by Gasteiger charge is -2.27. The molecule has 0 radical (unpaired) electrons. The largest absolute Gasteiger partial charge is 0.127 e. The van der Waals surface area contributed by atoms with Gasteiger partial charge in [-0.2, -0.15) is 0 Å². The molecule has 1 aliphatic carbocycles. The van der Waals surface area contributed by atoms with Crippen LogP contribution in [0, 0.1) is 17.8 Å². The van der Waals surface area contributed by atoms with E-state index >= 15 is 0 Å². The van der Waals surface area contributed by atoms with Crippen LogP contribution in [0.3, 0.4) is 0 Å². The quantitative estimate of drug-likeness (QED) is 0.444. The van der Waals surface area contributed by atoms with Crippen molar-refractivity contribution in [3.8, 4) is 0 Å². The molecule has 3 unspecified atom stereocenters. The summed E-state index contributed by atoms with van der Waals surface area (Å²) >= 11 is 12.5. The van der Waals surface area contributed by atoms with Crippen LogP contribution in [0.4, 0.5) is 0 Å². The first-order chi connectivity index (χ1) is 9.51. The highest BCUT2D eigenvalue weighted by Crippen LogP contribution is 2.45. The molecule has 20 heavy (non-hydrogen) atoms. The molecule has 0 heterocycles. The highest BCUT2D eigenvalue weighted by atomic mass is 35.5. The average molecular weight is 317 g/mol. The van der Waals surface area contributed by atoms with E-state index in [1.165, 1.54) is 24.8 Å². The van der Waals surface area contributed by atoms with Crippen LogP contribution in [-0.2, 0) is 0 Å². The van der Waals surface area contributed by atoms with Gasteiger partial charge in [0.05, 0.1) is 0 Å². The maximum Gasteiger partial charge on any atom is 0.0384 e. The Labute approximate surface area is 135 Å².